The lowest BCUT2D eigenvalue weighted by Crippen LogP contribution is -2.52. The third kappa shape index (κ3) is 6.15. The number of alkyl halides is 3. The summed E-state index contributed by atoms with van der Waals surface area (Å²) < 4.78 is 49.0. The minimum Gasteiger partial charge on any atom is -0.461 e. The zero-order valence-electron chi connectivity index (χ0n) is 19.4. The predicted octanol–water partition coefficient (Wildman–Crippen LogP) is 3.66. The van der Waals surface area contributed by atoms with E-state index in [-0.39, 0.29) is 25.3 Å². The monoisotopic (exact) mass is 484 g/mol. The molecule has 1 atom stereocenters. The molecule has 0 bridgehead atoms. The highest BCUT2D eigenvalue weighted by Crippen LogP contribution is 2.31. The first-order chi connectivity index (χ1) is 15.6. The fraction of sp³-hybridized carbons (Fsp3) is 0.478. The van der Waals surface area contributed by atoms with Crippen molar-refractivity contribution in [2.24, 2.45) is 5.41 Å². The van der Waals surface area contributed by atoms with E-state index in [1.807, 2.05) is 0 Å². The smallest absolute Gasteiger partial charge is 0.416 e. The van der Waals surface area contributed by atoms with Gasteiger partial charge in [-0.2, -0.15) is 13.2 Å². The first-order valence-corrected chi connectivity index (χ1v) is 10.4. The van der Waals surface area contributed by atoms with Crippen molar-refractivity contribution >= 4 is 23.9 Å². The summed E-state index contributed by atoms with van der Waals surface area (Å²) in [6, 6.07) is 3.34. The van der Waals surface area contributed by atoms with Gasteiger partial charge in [0.1, 0.15) is 12.2 Å². The molecule has 0 aromatic heterocycles. The number of hydrogen-bond acceptors (Lipinski definition) is 6. The van der Waals surface area contributed by atoms with E-state index in [1.165, 1.54) is 13.0 Å². The molecule has 0 spiro atoms. The van der Waals surface area contributed by atoms with Gasteiger partial charge in [-0.15, -0.1) is 0 Å². The molecule has 1 heterocycles. The Balaban J connectivity index is 2.42. The van der Waals surface area contributed by atoms with E-state index in [0.29, 0.717) is 0 Å². The molecule has 2 rings (SSSR count). The fourth-order valence-electron chi connectivity index (χ4n) is 3.23. The number of amides is 3. The number of nitrogens with zero attached hydrogens (tertiary/aromatic N) is 2. The van der Waals surface area contributed by atoms with Crippen LogP contribution in [-0.2, 0) is 25.2 Å². The highest BCUT2D eigenvalue weighted by molar-refractivity contribution is 6.12. The van der Waals surface area contributed by atoms with E-state index >= 15 is 0 Å². The van der Waals surface area contributed by atoms with Gasteiger partial charge in [-0.3, -0.25) is 19.3 Å². The van der Waals surface area contributed by atoms with Crippen LogP contribution in [0.4, 0.5) is 18.0 Å². The van der Waals surface area contributed by atoms with E-state index in [0.717, 1.165) is 34.1 Å². The first-order valence-electron chi connectivity index (χ1n) is 10.4. The molecule has 1 aliphatic heterocycles. The van der Waals surface area contributed by atoms with E-state index in [4.69, 9.17) is 9.47 Å². The van der Waals surface area contributed by atoms with Gasteiger partial charge in [-0.05, 0) is 52.0 Å². The summed E-state index contributed by atoms with van der Waals surface area (Å²) in [4.78, 5) is 53.8. The van der Waals surface area contributed by atoms with Crippen molar-refractivity contribution in [1.82, 2.24) is 9.80 Å². The largest absolute Gasteiger partial charge is 0.461 e. The van der Waals surface area contributed by atoms with Crippen LogP contribution in [0.15, 0.2) is 36.9 Å². The average Bonchev–Trinajstić information content (AvgIpc) is 2.87. The Kier molecular flexibility index (Phi) is 7.80. The zero-order chi connectivity index (χ0) is 25.9. The Hall–Kier alpha value is -3.37. The average molecular weight is 484 g/mol. The van der Waals surface area contributed by atoms with Crippen LogP contribution in [0.1, 0.15) is 43.6 Å². The van der Waals surface area contributed by atoms with Crippen LogP contribution in [-0.4, -0.2) is 65.5 Å². The van der Waals surface area contributed by atoms with Gasteiger partial charge in [0.15, 0.2) is 5.41 Å². The molecular weight excluding hydrogens is 457 g/mol. The number of imide groups is 1. The van der Waals surface area contributed by atoms with Gasteiger partial charge in [0.25, 0.3) is 5.91 Å². The Bertz CT molecular complexity index is 968. The van der Waals surface area contributed by atoms with Crippen molar-refractivity contribution in [1.29, 1.82) is 0 Å². The van der Waals surface area contributed by atoms with E-state index in [1.54, 1.807) is 20.8 Å². The van der Waals surface area contributed by atoms with Crippen molar-refractivity contribution in [2.75, 3.05) is 26.2 Å². The van der Waals surface area contributed by atoms with Gasteiger partial charge in [0, 0.05) is 25.2 Å². The predicted molar refractivity (Wildman–Crippen MR) is 115 cm³/mol. The van der Waals surface area contributed by atoms with Gasteiger partial charge in [0.05, 0.1) is 5.56 Å². The summed E-state index contributed by atoms with van der Waals surface area (Å²) in [5.41, 5.74) is -3.98. The maximum Gasteiger partial charge on any atom is 0.416 e. The minimum atomic E-state index is -4.60. The van der Waals surface area contributed by atoms with Crippen LogP contribution in [0, 0.1) is 5.41 Å². The van der Waals surface area contributed by atoms with Gasteiger partial charge >= 0.3 is 18.2 Å². The summed E-state index contributed by atoms with van der Waals surface area (Å²) in [7, 11) is 0. The lowest BCUT2D eigenvalue weighted by atomic mass is 9.88. The summed E-state index contributed by atoms with van der Waals surface area (Å²) in [5, 5.41) is 0. The lowest BCUT2D eigenvalue weighted by Gasteiger charge is -2.31. The van der Waals surface area contributed by atoms with Gasteiger partial charge in [-0.1, -0.05) is 12.7 Å². The number of rotatable bonds is 4. The SMILES string of the molecule is C=CCOC(=O)C1(C)CN(C(=O)OC(C)(C)C)CCN(C(=O)c2ccc(C(F)(F)F)cc2)C1=O. The number of benzene rings is 1. The molecule has 0 radical (unpaired) electrons. The normalized spacial score (nSPS) is 19.3. The van der Waals surface area contributed by atoms with Gasteiger partial charge < -0.3 is 14.4 Å². The standard InChI is InChI=1S/C23H27F3N2O6/c1-6-13-33-19(31)22(5)14-27(20(32)34-21(2,3)4)11-12-28(18(22)30)17(29)15-7-9-16(10-8-15)23(24,25)26/h6-10H,1,11-14H2,2-5H3. The molecule has 0 aliphatic carbocycles. The molecule has 34 heavy (non-hydrogen) atoms. The Morgan fingerprint density at radius 1 is 1.12 bits per heavy atom. The maximum atomic E-state index is 13.4. The van der Waals surface area contributed by atoms with Crippen LogP contribution in [0.25, 0.3) is 0 Å². The number of carbonyl (C=O) groups excluding carboxylic acids is 4. The molecule has 1 aromatic rings. The van der Waals surface area contributed by atoms with Gasteiger partial charge in [0.2, 0.25) is 5.91 Å². The van der Waals surface area contributed by atoms with Crippen LogP contribution in [0.5, 0.6) is 0 Å². The third-order valence-corrected chi connectivity index (χ3v) is 4.96. The molecule has 1 aromatic carbocycles. The molecule has 3 amide bonds. The molecule has 8 nitrogen and oxygen atoms in total. The number of hydrogen-bond donors (Lipinski definition) is 0. The minimum absolute atomic E-state index is 0.155. The van der Waals surface area contributed by atoms with Crippen LogP contribution in [0.2, 0.25) is 0 Å². The van der Waals surface area contributed by atoms with E-state index in [2.05, 4.69) is 6.58 Å². The van der Waals surface area contributed by atoms with Crippen LogP contribution >= 0.6 is 0 Å². The Labute approximate surface area is 195 Å². The molecule has 1 aliphatic rings. The highest BCUT2D eigenvalue weighted by Gasteiger charge is 2.51. The number of halogens is 3. The number of esters is 1. The van der Waals surface area contributed by atoms with Crippen LogP contribution < -0.4 is 0 Å². The maximum absolute atomic E-state index is 13.4. The quantitative estimate of drug-likeness (QED) is 0.280. The Morgan fingerprint density at radius 3 is 2.21 bits per heavy atom. The van der Waals surface area contributed by atoms with Crippen molar-refractivity contribution in [3.63, 3.8) is 0 Å². The molecule has 0 saturated carbocycles. The molecule has 1 fully saturated rings. The number of carbonyl (C=O) groups is 4. The molecule has 11 heteroatoms. The molecular formula is C23H27F3N2O6. The summed E-state index contributed by atoms with van der Waals surface area (Å²) in [5.74, 6) is -2.84. The van der Waals surface area contributed by atoms with E-state index < -0.39 is 53.2 Å². The molecule has 0 N–H and O–H groups in total. The third-order valence-electron chi connectivity index (χ3n) is 4.96. The number of ether oxygens (including phenoxy) is 2. The van der Waals surface area contributed by atoms with Crippen molar-refractivity contribution in [2.45, 2.75) is 39.5 Å². The van der Waals surface area contributed by atoms with Crippen molar-refractivity contribution in [3.05, 3.63) is 48.0 Å². The summed E-state index contributed by atoms with van der Waals surface area (Å²) in [6.45, 7) is 8.51. The molecule has 1 unspecified atom stereocenters. The van der Waals surface area contributed by atoms with Crippen molar-refractivity contribution in [3.8, 4) is 0 Å². The second-order valence-corrected chi connectivity index (χ2v) is 8.96. The zero-order valence-corrected chi connectivity index (χ0v) is 19.4. The highest BCUT2D eigenvalue weighted by atomic mass is 19.4. The summed E-state index contributed by atoms with van der Waals surface area (Å²) >= 11 is 0. The van der Waals surface area contributed by atoms with Crippen LogP contribution in [0.3, 0.4) is 0 Å². The van der Waals surface area contributed by atoms with Crippen molar-refractivity contribution < 1.29 is 41.8 Å². The van der Waals surface area contributed by atoms with E-state index in [9.17, 15) is 32.3 Å². The molecule has 1 saturated heterocycles. The lowest BCUT2D eigenvalue weighted by molar-refractivity contribution is -0.162. The fourth-order valence-corrected chi connectivity index (χ4v) is 3.23. The second kappa shape index (κ2) is 9.86. The van der Waals surface area contributed by atoms with Gasteiger partial charge in [-0.25, -0.2) is 4.79 Å². The topological polar surface area (TPSA) is 93.2 Å². The Morgan fingerprint density at radius 2 is 1.71 bits per heavy atom. The first kappa shape index (κ1) is 26.9. The second-order valence-electron chi connectivity index (χ2n) is 8.96. The summed E-state index contributed by atoms with van der Waals surface area (Å²) in [6.07, 6.45) is -4.10. The molecule has 186 valence electrons.